The van der Waals surface area contributed by atoms with Gasteiger partial charge in [-0.25, -0.2) is 9.18 Å². The number of hydrogen-bond acceptors (Lipinski definition) is 5. The molecule has 1 aliphatic rings. The SMILES string of the molecule is COCCNC(=O)[C@H]1C[C@H](Oc2cccnc2)CN1C(=O)Nc1cccc(F)c1. The van der Waals surface area contributed by atoms with Gasteiger partial charge in [0.15, 0.2) is 0 Å². The third-order valence-electron chi connectivity index (χ3n) is 4.44. The topological polar surface area (TPSA) is 92.8 Å². The smallest absolute Gasteiger partial charge is 0.322 e. The number of hydrogen-bond donors (Lipinski definition) is 2. The second kappa shape index (κ2) is 9.83. The number of carbonyl (C=O) groups is 2. The molecule has 2 heterocycles. The van der Waals surface area contributed by atoms with Crippen LogP contribution in [0.5, 0.6) is 5.75 Å². The number of amides is 3. The van der Waals surface area contributed by atoms with Gasteiger partial charge in [-0.3, -0.25) is 9.78 Å². The van der Waals surface area contributed by atoms with Gasteiger partial charge in [0.05, 0.1) is 19.3 Å². The number of aromatic nitrogens is 1. The standard InChI is InChI=1S/C20H23FN4O4/c1-28-9-8-23-19(26)18-11-17(29-16-6-3-7-22-12-16)13-25(18)20(27)24-15-5-2-4-14(21)10-15/h2-7,10,12,17-18H,8-9,11,13H2,1H3,(H,23,26)(H,24,27)/t17-,18+/m0/s1. The molecule has 0 aliphatic carbocycles. The van der Waals surface area contributed by atoms with Crippen molar-refractivity contribution < 1.29 is 23.5 Å². The Kier molecular flexibility index (Phi) is 6.96. The molecule has 3 amide bonds. The molecule has 154 valence electrons. The van der Waals surface area contributed by atoms with E-state index in [4.69, 9.17) is 9.47 Å². The molecule has 0 unspecified atom stereocenters. The van der Waals surface area contributed by atoms with Crippen LogP contribution in [0.2, 0.25) is 0 Å². The summed E-state index contributed by atoms with van der Waals surface area (Å²) in [6, 6.07) is 7.86. The van der Waals surface area contributed by atoms with Crippen LogP contribution in [0, 0.1) is 5.82 Å². The van der Waals surface area contributed by atoms with Crippen LogP contribution in [-0.2, 0) is 9.53 Å². The number of nitrogens with zero attached hydrogens (tertiary/aromatic N) is 2. The quantitative estimate of drug-likeness (QED) is 0.692. The molecule has 1 fully saturated rings. The summed E-state index contributed by atoms with van der Waals surface area (Å²) in [6.07, 6.45) is 3.15. The van der Waals surface area contributed by atoms with E-state index in [1.165, 1.54) is 30.2 Å². The van der Waals surface area contributed by atoms with Crippen molar-refractivity contribution in [2.24, 2.45) is 0 Å². The Morgan fingerprint density at radius 2 is 2.17 bits per heavy atom. The fourth-order valence-electron chi connectivity index (χ4n) is 3.12. The highest BCUT2D eigenvalue weighted by molar-refractivity contribution is 5.94. The molecule has 2 atom stereocenters. The van der Waals surface area contributed by atoms with E-state index in [0.29, 0.717) is 31.0 Å². The lowest BCUT2D eigenvalue weighted by Gasteiger charge is -2.24. The van der Waals surface area contributed by atoms with E-state index < -0.39 is 17.9 Å². The molecule has 1 aliphatic heterocycles. The molecule has 29 heavy (non-hydrogen) atoms. The summed E-state index contributed by atoms with van der Waals surface area (Å²) in [6.45, 7) is 0.904. The largest absolute Gasteiger partial charge is 0.487 e. The molecule has 3 rings (SSSR count). The molecule has 1 aromatic carbocycles. The van der Waals surface area contributed by atoms with Gasteiger partial charge < -0.3 is 25.0 Å². The molecule has 2 aromatic rings. The van der Waals surface area contributed by atoms with Gasteiger partial charge in [-0.15, -0.1) is 0 Å². The lowest BCUT2D eigenvalue weighted by Crippen LogP contribution is -2.48. The van der Waals surface area contributed by atoms with Crippen LogP contribution in [0.1, 0.15) is 6.42 Å². The third-order valence-corrected chi connectivity index (χ3v) is 4.44. The van der Waals surface area contributed by atoms with Crippen molar-refractivity contribution in [3.05, 3.63) is 54.6 Å². The van der Waals surface area contributed by atoms with Crippen molar-refractivity contribution >= 4 is 17.6 Å². The number of pyridine rings is 1. The lowest BCUT2D eigenvalue weighted by atomic mass is 10.2. The van der Waals surface area contributed by atoms with Gasteiger partial charge in [-0.1, -0.05) is 6.07 Å². The average Bonchev–Trinajstić information content (AvgIpc) is 3.13. The van der Waals surface area contributed by atoms with Crippen LogP contribution in [0.4, 0.5) is 14.9 Å². The Labute approximate surface area is 168 Å². The molecule has 0 bridgehead atoms. The molecule has 0 radical (unpaired) electrons. The summed E-state index contributed by atoms with van der Waals surface area (Å²) in [5.74, 6) is -0.201. The fourth-order valence-corrected chi connectivity index (χ4v) is 3.12. The Morgan fingerprint density at radius 3 is 2.90 bits per heavy atom. The summed E-state index contributed by atoms with van der Waals surface area (Å²) >= 11 is 0. The molecule has 1 saturated heterocycles. The van der Waals surface area contributed by atoms with Crippen molar-refractivity contribution in [1.29, 1.82) is 0 Å². The maximum absolute atomic E-state index is 13.4. The first-order valence-corrected chi connectivity index (χ1v) is 9.23. The minimum absolute atomic E-state index is 0.207. The van der Waals surface area contributed by atoms with E-state index >= 15 is 0 Å². The number of nitrogens with one attached hydrogen (secondary N) is 2. The van der Waals surface area contributed by atoms with E-state index in [1.807, 2.05) is 0 Å². The van der Waals surface area contributed by atoms with Crippen molar-refractivity contribution in [2.75, 3.05) is 32.1 Å². The molecule has 0 saturated carbocycles. The van der Waals surface area contributed by atoms with Crippen molar-refractivity contribution in [3.63, 3.8) is 0 Å². The monoisotopic (exact) mass is 402 g/mol. The van der Waals surface area contributed by atoms with Crippen LogP contribution in [0.25, 0.3) is 0 Å². The number of benzene rings is 1. The van der Waals surface area contributed by atoms with Gasteiger partial charge in [-0.2, -0.15) is 0 Å². The van der Waals surface area contributed by atoms with E-state index in [0.717, 1.165) is 0 Å². The maximum Gasteiger partial charge on any atom is 0.322 e. The molecule has 2 N–H and O–H groups in total. The van der Waals surface area contributed by atoms with Crippen LogP contribution >= 0.6 is 0 Å². The zero-order valence-electron chi connectivity index (χ0n) is 16.0. The molecule has 8 nitrogen and oxygen atoms in total. The minimum Gasteiger partial charge on any atom is -0.487 e. The molecular formula is C20H23FN4O4. The fraction of sp³-hybridized carbons (Fsp3) is 0.350. The van der Waals surface area contributed by atoms with Crippen molar-refractivity contribution in [1.82, 2.24) is 15.2 Å². The number of methoxy groups -OCH3 is 1. The van der Waals surface area contributed by atoms with E-state index in [-0.39, 0.29) is 18.6 Å². The normalized spacial score (nSPS) is 18.3. The lowest BCUT2D eigenvalue weighted by molar-refractivity contribution is -0.124. The number of halogens is 1. The first kappa shape index (κ1) is 20.5. The summed E-state index contributed by atoms with van der Waals surface area (Å²) in [4.78, 5) is 30.8. The van der Waals surface area contributed by atoms with Gasteiger partial charge in [0.2, 0.25) is 5.91 Å². The van der Waals surface area contributed by atoms with E-state index in [9.17, 15) is 14.0 Å². The maximum atomic E-state index is 13.4. The van der Waals surface area contributed by atoms with Crippen LogP contribution in [0.15, 0.2) is 48.8 Å². The van der Waals surface area contributed by atoms with Gasteiger partial charge in [0.1, 0.15) is 23.7 Å². The van der Waals surface area contributed by atoms with Gasteiger partial charge in [0.25, 0.3) is 0 Å². The number of likely N-dealkylation sites (tertiary alicyclic amines) is 1. The summed E-state index contributed by atoms with van der Waals surface area (Å²) in [7, 11) is 1.54. The van der Waals surface area contributed by atoms with Crippen molar-refractivity contribution in [2.45, 2.75) is 18.6 Å². The third kappa shape index (κ3) is 5.64. The summed E-state index contributed by atoms with van der Waals surface area (Å²) < 4.78 is 24.2. The highest BCUT2D eigenvalue weighted by atomic mass is 19.1. The molecule has 9 heteroatoms. The molecule has 1 aromatic heterocycles. The minimum atomic E-state index is -0.720. The Morgan fingerprint density at radius 1 is 1.31 bits per heavy atom. The zero-order chi connectivity index (χ0) is 20.6. The number of rotatable bonds is 7. The Bertz CT molecular complexity index is 836. The summed E-state index contributed by atoms with van der Waals surface area (Å²) in [5, 5.41) is 5.39. The molecule has 0 spiro atoms. The van der Waals surface area contributed by atoms with Gasteiger partial charge >= 0.3 is 6.03 Å². The van der Waals surface area contributed by atoms with Crippen LogP contribution in [0.3, 0.4) is 0 Å². The van der Waals surface area contributed by atoms with Crippen molar-refractivity contribution in [3.8, 4) is 5.75 Å². The highest BCUT2D eigenvalue weighted by Crippen LogP contribution is 2.24. The second-order valence-electron chi connectivity index (χ2n) is 6.56. The van der Waals surface area contributed by atoms with Crippen LogP contribution in [-0.4, -0.2) is 60.8 Å². The first-order chi connectivity index (χ1) is 14.1. The van der Waals surface area contributed by atoms with E-state index in [1.54, 1.807) is 30.6 Å². The number of carbonyl (C=O) groups excluding carboxylic acids is 2. The van der Waals surface area contributed by atoms with Gasteiger partial charge in [-0.05, 0) is 30.3 Å². The first-order valence-electron chi connectivity index (χ1n) is 9.23. The summed E-state index contributed by atoms with van der Waals surface area (Å²) in [5.41, 5.74) is 0.310. The van der Waals surface area contributed by atoms with Crippen LogP contribution < -0.4 is 15.4 Å². The number of ether oxygens (including phenoxy) is 2. The second-order valence-corrected chi connectivity index (χ2v) is 6.56. The number of urea groups is 1. The predicted octanol–water partition coefficient (Wildman–Crippen LogP) is 2.04. The zero-order valence-corrected chi connectivity index (χ0v) is 16.0. The van der Waals surface area contributed by atoms with Gasteiger partial charge in [0, 0.05) is 32.0 Å². The number of anilines is 1. The Balaban J connectivity index is 1.70. The predicted molar refractivity (Wildman–Crippen MR) is 104 cm³/mol. The average molecular weight is 402 g/mol. The van der Waals surface area contributed by atoms with E-state index in [2.05, 4.69) is 15.6 Å². The Hall–Kier alpha value is -3.20. The molecular weight excluding hydrogens is 379 g/mol. The highest BCUT2D eigenvalue weighted by Gasteiger charge is 2.40.